The molecule has 1 aliphatic heterocycles. The molecule has 2 heterocycles. The maximum Gasteiger partial charge on any atom is 0.234 e. The monoisotopic (exact) mass is 403 g/mol. The Morgan fingerprint density at radius 2 is 1.57 bits per heavy atom. The van der Waals surface area contributed by atoms with E-state index in [0.717, 1.165) is 43.4 Å². The third kappa shape index (κ3) is 4.89. The van der Waals surface area contributed by atoms with Crippen LogP contribution in [0.1, 0.15) is 16.7 Å². The molecule has 0 bridgehead atoms. The Hall–Kier alpha value is -3.12. The second-order valence-electron chi connectivity index (χ2n) is 7.96. The molecule has 0 spiro atoms. The van der Waals surface area contributed by atoms with Gasteiger partial charge in [-0.15, -0.1) is 0 Å². The molecule has 0 saturated carbocycles. The lowest BCUT2D eigenvalue weighted by molar-refractivity contribution is -0.122. The van der Waals surface area contributed by atoms with Crippen LogP contribution in [0.5, 0.6) is 0 Å². The Bertz CT molecular complexity index is 970. The highest BCUT2D eigenvalue weighted by Crippen LogP contribution is 2.20. The van der Waals surface area contributed by atoms with E-state index < -0.39 is 0 Å². The van der Waals surface area contributed by atoms with E-state index in [-0.39, 0.29) is 5.91 Å². The van der Waals surface area contributed by atoms with E-state index >= 15 is 0 Å². The van der Waals surface area contributed by atoms with E-state index in [1.54, 1.807) is 0 Å². The molecule has 0 unspecified atom stereocenters. The van der Waals surface area contributed by atoms with Crippen LogP contribution in [-0.2, 0) is 11.3 Å². The van der Waals surface area contributed by atoms with Gasteiger partial charge in [-0.25, -0.2) is 4.98 Å². The number of hydrogen-bond acceptors (Lipinski definition) is 4. The Morgan fingerprint density at radius 3 is 2.23 bits per heavy atom. The molecule has 1 aliphatic rings. The molecule has 1 aromatic heterocycles. The average molecular weight is 404 g/mol. The molecule has 2 aromatic carbocycles. The third-order valence-corrected chi connectivity index (χ3v) is 5.57. The van der Waals surface area contributed by atoms with Crippen molar-refractivity contribution in [3.05, 3.63) is 77.6 Å². The normalized spacial score (nSPS) is 14.7. The summed E-state index contributed by atoms with van der Waals surface area (Å²) >= 11 is 0. The molecule has 6 heteroatoms. The smallest absolute Gasteiger partial charge is 0.234 e. The van der Waals surface area contributed by atoms with Crippen LogP contribution in [0, 0.1) is 13.8 Å². The van der Waals surface area contributed by atoms with Crippen molar-refractivity contribution in [3.63, 3.8) is 0 Å². The second-order valence-corrected chi connectivity index (χ2v) is 7.96. The van der Waals surface area contributed by atoms with Crippen molar-refractivity contribution in [3.8, 4) is 5.69 Å². The van der Waals surface area contributed by atoms with Crippen molar-refractivity contribution in [2.45, 2.75) is 20.4 Å². The van der Waals surface area contributed by atoms with E-state index in [2.05, 4.69) is 87.0 Å². The first-order valence-electron chi connectivity index (χ1n) is 10.5. The first kappa shape index (κ1) is 20.2. The molecular weight excluding hydrogens is 374 g/mol. The molecule has 3 aromatic rings. The Kier molecular flexibility index (Phi) is 6.14. The number of carbonyl (C=O) groups excluding carboxylic acids is 1. The summed E-state index contributed by atoms with van der Waals surface area (Å²) < 4.78 is 2.13. The van der Waals surface area contributed by atoms with Crippen molar-refractivity contribution >= 4 is 11.9 Å². The van der Waals surface area contributed by atoms with Gasteiger partial charge in [-0.05, 0) is 31.5 Å². The largest absolute Gasteiger partial charge is 0.351 e. The zero-order chi connectivity index (χ0) is 20.9. The summed E-state index contributed by atoms with van der Waals surface area (Å²) in [5.41, 5.74) is 4.72. The number of aryl methyl sites for hydroxylation is 2. The fraction of sp³-hybridized carbons (Fsp3) is 0.333. The molecule has 0 atom stereocenters. The van der Waals surface area contributed by atoms with Gasteiger partial charge in [0.05, 0.1) is 6.54 Å². The number of amides is 1. The summed E-state index contributed by atoms with van der Waals surface area (Å²) in [5.74, 6) is 1.03. The van der Waals surface area contributed by atoms with Gasteiger partial charge in [-0.1, -0.05) is 47.5 Å². The van der Waals surface area contributed by atoms with Crippen LogP contribution in [0.4, 0.5) is 5.95 Å². The van der Waals surface area contributed by atoms with Crippen LogP contribution in [0.2, 0.25) is 0 Å². The van der Waals surface area contributed by atoms with Crippen LogP contribution in [-0.4, -0.2) is 53.1 Å². The van der Waals surface area contributed by atoms with Crippen LogP contribution < -0.4 is 10.2 Å². The zero-order valence-corrected chi connectivity index (χ0v) is 17.7. The molecule has 0 radical (unpaired) electrons. The van der Waals surface area contributed by atoms with Gasteiger partial charge in [-0.3, -0.25) is 14.3 Å². The number of benzene rings is 2. The minimum atomic E-state index is 0.0742. The van der Waals surface area contributed by atoms with Crippen molar-refractivity contribution in [2.24, 2.45) is 0 Å². The molecular formula is C24H29N5O. The lowest BCUT2D eigenvalue weighted by Crippen LogP contribution is -2.50. The predicted octanol–water partition coefficient (Wildman–Crippen LogP) is 2.93. The summed E-state index contributed by atoms with van der Waals surface area (Å²) in [6.45, 7) is 8.57. The van der Waals surface area contributed by atoms with E-state index in [4.69, 9.17) is 0 Å². The summed E-state index contributed by atoms with van der Waals surface area (Å²) in [7, 11) is 0. The van der Waals surface area contributed by atoms with Gasteiger partial charge < -0.3 is 10.2 Å². The zero-order valence-electron chi connectivity index (χ0n) is 17.7. The summed E-state index contributed by atoms with van der Waals surface area (Å²) in [6.07, 6.45) is 3.85. The first-order valence-corrected chi connectivity index (χ1v) is 10.5. The second kappa shape index (κ2) is 9.13. The van der Waals surface area contributed by atoms with Crippen LogP contribution in [0.25, 0.3) is 5.69 Å². The number of anilines is 1. The maximum absolute atomic E-state index is 12.3. The van der Waals surface area contributed by atoms with Gasteiger partial charge in [0.2, 0.25) is 11.9 Å². The minimum Gasteiger partial charge on any atom is -0.351 e. The molecule has 156 valence electrons. The van der Waals surface area contributed by atoms with E-state index in [1.807, 2.05) is 12.4 Å². The number of piperazine rings is 1. The third-order valence-electron chi connectivity index (χ3n) is 5.57. The van der Waals surface area contributed by atoms with Crippen molar-refractivity contribution in [2.75, 3.05) is 37.6 Å². The molecule has 6 nitrogen and oxygen atoms in total. The molecule has 1 fully saturated rings. The van der Waals surface area contributed by atoms with E-state index in [1.165, 1.54) is 11.1 Å². The number of rotatable bonds is 6. The number of imidazole rings is 1. The SMILES string of the molecule is Cc1ccc(CNC(=O)CN2CCN(c3nccn3-c3ccc(C)cc3)CC2)cc1. The summed E-state index contributed by atoms with van der Waals surface area (Å²) in [6, 6.07) is 16.7. The number of hydrogen-bond donors (Lipinski definition) is 1. The van der Waals surface area contributed by atoms with Gasteiger partial charge in [0.25, 0.3) is 0 Å². The van der Waals surface area contributed by atoms with Crippen molar-refractivity contribution < 1.29 is 4.79 Å². The molecule has 1 amide bonds. The number of aromatic nitrogens is 2. The van der Waals surface area contributed by atoms with Gasteiger partial charge in [-0.2, -0.15) is 0 Å². The fourth-order valence-electron chi connectivity index (χ4n) is 3.71. The number of nitrogens with one attached hydrogen (secondary N) is 1. The van der Waals surface area contributed by atoms with Gasteiger partial charge in [0.15, 0.2) is 0 Å². The molecule has 1 saturated heterocycles. The lowest BCUT2D eigenvalue weighted by Gasteiger charge is -2.35. The highest BCUT2D eigenvalue weighted by molar-refractivity contribution is 5.78. The van der Waals surface area contributed by atoms with Crippen LogP contribution in [0.15, 0.2) is 60.9 Å². The van der Waals surface area contributed by atoms with Crippen LogP contribution >= 0.6 is 0 Å². The van der Waals surface area contributed by atoms with Crippen molar-refractivity contribution in [1.29, 1.82) is 0 Å². The minimum absolute atomic E-state index is 0.0742. The lowest BCUT2D eigenvalue weighted by atomic mass is 10.1. The topological polar surface area (TPSA) is 53.4 Å². The van der Waals surface area contributed by atoms with Crippen molar-refractivity contribution in [1.82, 2.24) is 19.8 Å². The molecule has 4 rings (SSSR count). The van der Waals surface area contributed by atoms with Gasteiger partial charge in [0.1, 0.15) is 0 Å². The standard InChI is InChI=1S/C24H29N5O/c1-19-3-7-21(8-4-19)17-26-23(30)18-27-13-15-28(16-14-27)24-25-11-12-29(24)22-9-5-20(2)6-10-22/h3-12H,13-18H2,1-2H3,(H,26,30). The van der Waals surface area contributed by atoms with Gasteiger partial charge in [0, 0.05) is 50.8 Å². The number of carbonyl (C=O) groups is 1. The maximum atomic E-state index is 12.3. The Balaban J connectivity index is 1.28. The Labute approximate surface area is 178 Å². The summed E-state index contributed by atoms with van der Waals surface area (Å²) in [4.78, 5) is 21.4. The average Bonchev–Trinajstić information content (AvgIpc) is 3.24. The van der Waals surface area contributed by atoms with E-state index in [0.29, 0.717) is 13.1 Å². The highest BCUT2D eigenvalue weighted by atomic mass is 16.2. The quantitative estimate of drug-likeness (QED) is 0.688. The summed E-state index contributed by atoms with van der Waals surface area (Å²) in [5, 5.41) is 3.03. The number of nitrogens with zero attached hydrogens (tertiary/aromatic N) is 4. The first-order chi connectivity index (χ1) is 14.6. The Morgan fingerprint density at radius 1 is 0.933 bits per heavy atom. The predicted molar refractivity (Wildman–Crippen MR) is 120 cm³/mol. The fourth-order valence-corrected chi connectivity index (χ4v) is 3.71. The van der Waals surface area contributed by atoms with E-state index in [9.17, 15) is 4.79 Å². The van der Waals surface area contributed by atoms with Gasteiger partial charge >= 0.3 is 0 Å². The molecule has 0 aliphatic carbocycles. The molecule has 1 N–H and O–H groups in total. The molecule has 30 heavy (non-hydrogen) atoms. The van der Waals surface area contributed by atoms with Crippen LogP contribution in [0.3, 0.4) is 0 Å². The highest BCUT2D eigenvalue weighted by Gasteiger charge is 2.22.